The largest absolute Gasteiger partial charge is 0.459 e. The monoisotopic (exact) mass is 397 g/mol. The summed E-state index contributed by atoms with van der Waals surface area (Å²) in [5.74, 6) is 0.0679. The number of hydrogen-bond donors (Lipinski definition) is 1. The first kappa shape index (κ1) is 18.9. The summed E-state index contributed by atoms with van der Waals surface area (Å²) >= 11 is 1.60. The van der Waals surface area contributed by atoms with Crippen LogP contribution < -0.4 is 5.32 Å². The summed E-state index contributed by atoms with van der Waals surface area (Å²) in [6.07, 6.45) is 5.20. The van der Waals surface area contributed by atoms with E-state index in [1.165, 1.54) is 16.7 Å². The second-order valence-electron chi connectivity index (χ2n) is 6.79. The maximum absolute atomic E-state index is 12.6. The third kappa shape index (κ3) is 3.73. The molecular formula is C21H23N3O3S. The molecule has 1 saturated heterocycles. The number of hydrogen-bond acceptors (Lipinski definition) is 6. The Bertz CT molecular complexity index is 931. The second kappa shape index (κ2) is 8.26. The zero-order valence-electron chi connectivity index (χ0n) is 16.0. The molecule has 0 saturated carbocycles. The number of aromatic nitrogens is 1. The van der Waals surface area contributed by atoms with Gasteiger partial charge in [0, 0.05) is 35.9 Å². The fraction of sp³-hybridized carbons (Fsp3) is 0.333. The Morgan fingerprint density at radius 3 is 2.75 bits per heavy atom. The van der Waals surface area contributed by atoms with E-state index >= 15 is 0 Å². The molecule has 0 spiro atoms. The molecular weight excluding hydrogens is 374 g/mol. The van der Waals surface area contributed by atoms with Crippen molar-refractivity contribution < 1.29 is 13.9 Å². The van der Waals surface area contributed by atoms with Crippen LogP contribution in [0.5, 0.6) is 0 Å². The van der Waals surface area contributed by atoms with Gasteiger partial charge in [-0.25, -0.2) is 0 Å². The summed E-state index contributed by atoms with van der Waals surface area (Å²) < 4.78 is 10.8. The standard InChI is InChI=1S/C21H23N3O3S/c1-14-15(2)28-21(23-20(25)17-6-4-10-27-17)18(14)19(16-5-3-7-22-13-16)24-8-11-26-12-9-24/h3-7,10,13,19H,8-9,11-12H2,1-2H3,(H,23,25)/t19-/m1/s1. The van der Waals surface area contributed by atoms with Gasteiger partial charge in [0.1, 0.15) is 5.00 Å². The molecule has 1 fully saturated rings. The number of aryl methyl sites for hydroxylation is 1. The predicted molar refractivity (Wildman–Crippen MR) is 109 cm³/mol. The fourth-order valence-electron chi connectivity index (χ4n) is 3.57. The number of pyridine rings is 1. The maximum Gasteiger partial charge on any atom is 0.291 e. The number of nitrogens with zero attached hydrogens (tertiary/aromatic N) is 2. The van der Waals surface area contributed by atoms with Gasteiger partial charge in [0.25, 0.3) is 5.91 Å². The van der Waals surface area contributed by atoms with Gasteiger partial charge in [0.15, 0.2) is 5.76 Å². The van der Waals surface area contributed by atoms with Crippen molar-refractivity contribution in [1.29, 1.82) is 0 Å². The van der Waals surface area contributed by atoms with Crippen molar-refractivity contribution in [2.75, 3.05) is 31.6 Å². The molecule has 4 heterocycles. The SMILES string of the molecule is Cc1sc(NC(=O)c2ccco2)c([C@@H](c2cccnc2)N2CCOCC2)c1C. The van der Waals surface area contributed by atoms with E-state index in [9.17, 15) is 4.79 Å². The molecule has 6 nitrogen and oxygen atoms in total. The summed E-state index contributed by atoms with van der Waals surface area (Å²) in [6.45, 7) is 7.28. The van der Waals surface area contributed by atoms with Crippen molar-refractivity contribution in [2.45, 2.75) is 19.9 Å². The highest BCUT2D eigenvalue weighted by Crippen LogP contribution is 2.42. The average Bonchev–Trinajstić information content (AvgIpc) is 3.35. The average molecular weight is 398 g/mol. The molecule has 3 aromatic heterocycles. The quantitative estimate of drug-likeness (QED) is 0.704. The van der Waals surface area contributed by atoms with Gasteiger partial charge < -0.3 is 14.5 Å². The fourth-order valence-corrected chi connectivity index (χ4v) is 4.66. The topological polar surface area (TPSA) is 67.6 Å². The van der Waals surface area contributed by atoms with Crippen molar-refractivity contribution in [2.24, 2.45) is 0 Å². The minimum Gasteiger partial charge on any atom is -0.459 e. The number of nitrogens with one attached hydrogen (secondary N) is 1. The number of furan rings is 1. The molecule has 1 N–H and O–H groups in total. The van der Waals surface area contributed by atoms with Crippen LogP contribution in [0, 0.1) is 13.8 Å². The zero-order valence-corrected chi connectivity index (χ0v) is 16.8. The van der Waals surface area contributed by atoms with Crippen LogP contribution in [0.25, 0.3) is 0 Å². The van der Waals surface area contributed by atoms with Crippen molar-refractivity contribution >= 4 is 22.2 Å². The number of morpholine rings is 1. The molecule has 146 valence electrons. The van der Waals surface area contributed by atoms with Crippen LogP contribution in [0.4, 0.5) is 5.00 Å². The van der Waals surface area contributed by atoms with Crippen LogP contribution in [-0.2, 0) is 4.74 Å². The van der Waals surface area contributed by atoms with E-state index in [4.69, 9.17) is 9.15 Å². The molecule has 0 aliphatic carbocycles. The molecule has 0 unspecified atom stereocenters. The first-order valence-corrected chi connectivity index (χ1v) is 10.1. The van der Waals surface area contributed by atoms with Crippen LogP contribution in [0.15, 0.2) is 47.3 Å². The molecule has 0 bridgehead atoms. The first-order chi connectivity index (χ1) is 13.6. The minimum absolute atomic E-state index is 0.00875. The lowest BCUT2D eigenvalue weighted by Crippen LogP contribution is -2.40. The number of amides is 1. The Morgan fingerprint density at radius 1 is 1.25 bits per heavy atom. The van der Waals surface area contributed by atoms with Gasteiger partial charge in [-0.1, -0.05) is 6.07 Å². The van der Waals surface area contributed by atoms with E-state index in [2.05, 4.69) is 35.1 Å². The highest BCUT2D eigenvalue weighted by Gasteiger charge is 2.30. The van der Waals surface area contributed by atoms with Crippen LogP contribution in [0.2, 0.25) is 0 Å². The summed E-state index contributed by atoms with van der Waals surface area (Å²) in [7, 11) is 0. The number of rotatable bonds is 5. The predicted octanol–water partition coefficient (Wildman–Crippen LogP) is 4.03. The van der Waals surface area contributed by atoms with E-state index in [1.54, 1.807) is 29.7 Å². The number of ether oxygens (including phenoxy) is 1. The molecule has 1 aliphatic heterocycles. The molecule has 1 atom stereocenters. The van der Waals surface area contributed by atoms with Gasteiger partial charge in [0.05, 0.1) is 25.5 Å². The van der Waals surface area contributed by atoms with E-state index in [0.29, 0.717) is 19.0 Å². The summed E-state index contributed by atoms with van der Waals surface area (Å²) in [5, 5.41) is 3.93. The molecule has 4 rings (SSSR count). The Kier molecular flexibility index (Phi) is 5.57. The number of thiophene rings is 1. The van der Waals surface area contributed by atoms with Gasteiger partial charge in [0.2, 0.25) is 0 Å². The Labute approximate surface area is 168 Å². The molecule has 1 amide bonds. The van der Waals surface area contributed by atoms with E-state index in [-0.39, 0.29) is 11.9 Å². The summed E-state index contributed by atoms with van der Waals surface area (Å²) in [5.41, 5.74) is 3.43. The Hall–Kier alpha value is -2.48. The Morgan fingerprint density at radius 2 is 2.07 bits per heavy atom. The van der Waals surface area contributed by atoms with Crippen LogP contribution in [0.3, 0.4) is 0 Å². The number of anilines is 1. The molecule has 0 radical (unpaired) electrons. The van der Waals surface area contributed by atoms with Crippen LogP contribution >= 0.6 is 11.3 Å². The summed E-state index contributed by atoms with van der Waals surface area (Å²) in [6, 6.07) is 7.45. The Balaban J connectivity index is 1.76. The zero-order chi connectivity index (χ0) is 19.5. The molecule has 3 aromatic rings. The number of carbonyl (C=O) groups excluding carboxylic acids is 1. The lowest BCUT2D eigenvalue weighted by atomic mass is 9.95. The van der Waals surface area contributed by atoms with Crippen molar-refractivity contribution in [3.63, 3.8) is 0 Å². The van der Waals surface area contributed by atoms with E-state index in [1.807, 2.05) is 12.3 Å². The van der Waals surface area contributed by atoms with Crippen molar-refractivity contribution in [1.82, 2.24) is 9.88 Å². The van der Waals surface area contributed by atoms with E-state index in [0.717, 1.165) is 29.2 Å². The van der Waals surface area contributed by atoms with Gasteiger partial charge in [-0.3, -0.25) is 14.7 Å². The van der Waals surface area contributed by atoms with Crippen LogP contribution in [-0.4, -0.2) is 42.1 Å². The minimum atomic E-state index is -0.237. The molecule has 0 aromatic carbocycles. The molecule has 7 heteroatoms. The summed E-state index contributed by atoms with van der Waals surface area (Å²) in [4.78, 5) is 20.6. The van der Waals surface area contributed by atoms with Gasteiger partial charge in [-0.15, -0.1) is 11.3 Å². The van der Waals surface area contributed by atoms with Crippen molar-refractivity contribution in [3.05, 3.63) is 70.3 Å². The lowest BCUT2D eigenvalue weighted by Gasteiger charge is -2.35. The van der Waals surface area contributed by atoms with Crippen molar-refractivity contribution in [3.8, 4) is 0 Å². The van der Waals surface area contributed by atoms with Gasteiger partial charge in [-0.05, 0) is 43.2 Å². The third-order valence-electron chi connectivity index (χ3n) is 5.09. The molecule has 1 aliphatic rings. The second-order valence-corrected chi connectivity index (χ2v) is 8.02. The third-order valence-corrected chi connectivity index (χ3v) is 6.23. The van der Waals surface area contributed by atoms with Crippen LogP contribution in [0.1, 0.15) is 38.2 Å². The lowest BCUT2D eigenvalue weighted by molar-refractivity contribution is 0.0239. The number of carbonyl (C=O) groups is 1. The smallest absolute Gasteiger partial charge is 0.291 e. The highest BCUT2D eigenvalue weighted by molar-refractivity contribution is 7.16. The maximum atomic E-state index is 12.6. The van der Waals surface area contributed by atoms with E-state index < -0.39 is 0 Å². The molecule has 28 heavy (non-hydrogen) atoms. The first-order valence-electron chi connectivity index (χ1n) is 9.31. The van der Waals surface area contributed by atoms with Gasteiger partial charge >= 0.3 is 0 Å². The highest BCUT2D eigenvalue weighted by atomic mass is 32.1. The van der Waals surface area contributed by atoms with Gasteiger partial charge in [-0.2, -0.15) is 0 Å². The normalized spacial score (nSPS) is 16.1.